The molecule has 0 aromatic heterocycles. The highest BCUT2D eigenvalue weighted by molar-refractivity contribution is 5.75. The molecule has 2 unspecified atom stereocenters. The van der Waals surface area contributed by atoms with Crippen LogP contribution in [0.5, 0.6) is 0 Å². The molecular weight excluding hydrogens is 235 g/mol. The Hall–Kier alpha value is -1.46. The molecule has 1 rings (SSSR count). The van der Waals surface area contributed by atoms with Gasteiger partial charge in [-0.15, -0.1) is 0 Å². The number of hydrogen-bond acceptors (Lipinski definition) is 3. The third-order valence-electron chi connectivity index (χ3n) is 2.55. The molecule has 18 heavy (non-hydrogen) atoms. The predicted octanol–water partition coefficient (Wildman–Crippen LogP) is 1.10. The van der Waals surface area contributed by atoms with E-state index in [0.717, 1.165) is 0 Å². The molecule has 0 aliphatic rings. The molecule has 0 radical (unpaired) electrons. The van der Waals surface area contributed by atoms with Gasteiger partial charge in [0.1, 0.15) is 5.82 Å². The standard InChI is InChI=1S/C13H19FN2O2/c1-9(15)5-6-13(18)16-8-12(17)10-3-2-4-11(14)7-10/h2-4,7,9,12,17H,5-6,8,15H2,1H3,(H,16,18). The number of halogens is 1. The molecule has 2 atom stereocenters. The molecule has 0 saturated carbocycles. The summed E-state index contributed by atoms with van der Waals surface area (Å²) in [4.78, 5) is 11.4. The SMILES string of the molecule is CC(N)CCC(=O)NCC(O)c1cccc(F)c1. The molecule has 0 fully saturated rings. The van der Waals surface area contributed by atoms with Crippen molar-refractivity contribution >= 4 is 5.91 Å². The van der Waals surface area contributed by atoms with Crippen LogP contribution >= 0.6 is 0 Å². The Kier molecular flexibility index (Phi) is 5.74. The van der Waals surface area contributed by atoms with E-state index < -0.39 is 11.9 Å². The van der Waals surface area contributed by atoms with E-state index >= 15 is 0 Å². The van der Waals surface area contributed by atoms with Gasteiger partial charge in [-0.05, 0) is 31.0 Å². The summed E-state index contributed by atoms with van der Waals surface area (Å²) >= 11 is 0. The maximum absolute atomic E-state index is 12.9. The fourth-order valence-electron chi connectivity index (χ4n) is 1.49. The van der Waals surface area contributed by atoms with E-state index in [1.807, 2.05) is 6.92 Å². The van der Waals surface area contributed by atoms with Crippen LogP contribution in [0.1, 0.15) is 31.4 Å². The van der Waals surface area contributed by atoms with Gasteiger partial charge in [-0.25, -0.2) is 4.39 Å². The zero-order chi connectivity index (χ0) is 13.5. The second-order valence-electron chi connectivity index (χ2n) is 4.39. The van der Waals surface area contributed by atoms with E-state index in [-0.39, 0.29) is 18.5 Å². The van der Waals surface area contributed by atoms with Crippen molar-refractivity contribution in [1.82, 2.24) is 5.32 Å². The van der Waals surface area contributed by atoms with Gasteiger partial charge in [0.25, 0.3) is 0 Å². The number of amides is 1. The second-order valence-corrected chi connectivity index (χ2v) is 4.39. The number of benzene rings is 1. The minimum atomic E-state index is -0.903. The van der Waals surface area contributed by atoms with Gasteiger partial charge in [-0.3, -0.25) is 4.79 Å². The molecule has 0 bridgehead atoms. The third kappa shape index (κ3) is 5.25. The number of aliphatic hydroxyl groups excluding tert-OH is 1. The monoisotopic (exact) mass is 254 g/mol. The smallest absolute Gasteiger partial charge is 0.220 e. The van der Waals surface area contributed by atoms with Crippen LogP contribution in [0.25, 0.3) is 0 Å². The number of nitrogens with one attached hydrogen (secondary N) is 1. The molecule has 1 amide bonds. The molecule has 5 heteroatoms. The first-order valence-corrected chi connectivity index (χ1v) is 5.95. The Balaban J connectivity index is 2.37. The van der Waals surface area contributed by atoms with Crippen molar-refractivity contribution in [1.29, 1.82) is 0 Å². The van der Waals surface area contributed by atoms with E-state index in [1.165, 1.54) is 18.2 Å². The van der Waals surface area contributed by atoms with Crippen molar-refractivity contribution in [2.75, 3.05) is 6.54 Å². The fraction of sp³-hybridized carbons (Fsp3) is 0.462. The Morgan fingerprint density at radius 1 is 1.56 bits per heavy atom. The van der Waals surface area contributed by atoms with E-state index in [1.54, 1.807) is 6.07 Å². The van der Waals surface area contributed by atoms with Crippen LogP contribution in [0.3, 0.4) is 0 Å². The molecule has 100 valence electrons. The molecule has 0 spiro atoms. The summed E-state index contributed by atoms with van der Waals surface area (Å²) in [7, 11) is 0. The van der Waals surface area contributed by atoms with Crippen molar-refractivity contribution in [3.8, 4) is 0 Å². The zero-order valence-corrected chi connectivity index (χ0v) is 10.4. The van der Waals surface area contributed by atoms with Gasteiger partial charge in [0.2, 0.25) is 5.91 Å². The quantitative estimate of drug-likeness (QED) is 0.711. The first-order valence-electron chi connectivity index (χ1n) is 5.95. The van der Waals surface area contributed by atoms with Crippen LogP contribution in [0.15, 0.2) is 24.3 Å². The first-order chi connectivity index (χ1) is 8.49. The predicted molar refractivity (Wildman–Crippen MR) is 67.3 cm³/mol. The average molecular weight is 254 g/mol. The largest absolute Gasteiger partial charge is 0.387 e. The van der Waals surface area contributed by atoms with Crippen molar-refractivity contribution in [3.63, 3.8) is 0 Å². The molecule has 1 aromatic carbocycles. The molecule has 0 saturated heterocycles. The molecular formula is C13H19FN2O2. The summed E-state index contributed by atoms with van der Waals surface area (Å²) in [6.45, 7) is 1.90. The van der Waals surface area contributed by atoms with E-state index in [2.05, 4.69) is 5.32 Å². The lowest BCUT2D eigenvalue weighted by molar-refractivity contribution is -0.121. The van der Waals surface area contributed by atoms with Gasteiger partial charge < -0.3 is 16.2 Å². The average Bonchev–Trinajstić information content (AvgIpc) is 2.33. The van der Waals surface area contributed by atoms with Gasteiger partial charge in [-0.2, -0.15) is 0 Å². The third-order valence-corrected chi connectivity index (χ3v) is 2.55. The first kappa shape index (κ1) is 14.6. The number of carbonyl (C=O) groups is 1. The van der Waals surface area contributed by atoms with Crippen molar-refractivity contribution in [3.05, 3.63) is 35.6 Å². The van der Waals surface area contributed by atoms with Crippen molar-refractivity contribution < 1.29 is 14.3 Å². The summed E-state index contributed by atoms with van der Waals surface area (Å²) in [5.74, 6) is -0.572. The second kappa shape index (κ2) is 7.08. The Morgan fingerprint density at radius 2 is 2.28 bits per heavy atom. The lowest BCUT2D eigenvalue weighted by Gasteiger charge is -2.12. The highest BCUT2D eigenvalue weighted by Gasteiger charge is 2.10. The summed E-state index contributed by atoms with van der Waals surface area (Å²) in [6.07, 6.45) is 0.0232. The number of nitrogens with two attached hydrogens (primary N) is 1. The molecule has 4 nitrogen and oxygen atoms in total. The molecule has 0 aliphatic heterocycles. The summed E-state index contributed by atoms with van der Waals surface area (Å²) < 4.78 is 12.9. The van der Waals surface area contributed by atoms with Gasteiger partial charge >= 0.3 is 0 Å². The zero-order valence-electron chi connectivity index (χ0n) is 10.4. The van der Waals surface area contributed by atoms with Crippen molar-refractivity contribution in [2.24, 2.45) is 5.73 Å². The summed E-state index contributed by atoms with van der Waals surface area (Å²) in [5.41, 5.74) is 5.98. The lowest BCUT2D eigenvalue weighted by Crippen LogP contribution is -2.29. The molecule has 1 aromatic rings. The van der Waals surface area contributed by atoms with E-state index in [0.29, 0.717) is 18.4 Å². The highest BCUT2D eigenvalue weighted by atomic mass is 19.1. The van der Waals surface area contributed by atoms with Crippen molar-refractivity contribution in [2.45, 2.75) is 31.9 Å². The minimum Gasteiger partial charge on any atom is -0.387 e. The van der Waals surface area contributed by atoms with Crippen LogP contribution in [-0.2, 0) is 4.79 Å². The fourth-order valence-corrected chi connectivity index (χ4v) is 1.49. The van der Waals surface area contributed by atoms with E-state index in [9.17, 15) is 14.3 Å². The maximum atomic E-state index is 12.9. The molecule has 4 N–H and O–H groups in total. The highest BCUT2D eigenvalue weighted by Crippen LogP contribution is 2.12. The minimum absolute atomic E-state index is 0.0242. The number of aliphatic hydroxyl groups is 1. The van der Waals surface area contributed by atoms with Crippen LogP contribution in [0.4, 0.5) is 4.39 Å². The number of rotatable bonds is 6. The number of carbonyl (C=O) groups excluding carboxylic acids is 1. The maximum Gasteiger partial charge on any atom is 0.220 e. The van der Waals surface area contributed by atoms with Crippen LogP contribution in [-0.4, -0.2) is 23.6 Å². The molecule has 0 heterocycles. The topological polar surface area (TPSA) is 75.4 Å². The molecule has 0 aliphatic carbocycles. The van der Waals surface area contributed by atoms with Gasteiger partial charge in [0, 0.05) is 19.0 Å². The Morgan fingerprint density at radius 3 is 2.89 bits per heavy atom. The van der Waals surface area contributed by atoms with Crippen LogP contribution in [0, 0.1) is 5.82 Å². The number of hydrogen-bond donors (Lipinski definition) is 3. The normalized spacial score (nSPS) is 14.0. The summed E-state index contributed by atoms with van der Waals surface area (Å²) in [5, 5.41) is 12.4. The summed E-state index contributed by atoms with van der Waals surface area (Å²) in [6, 6.07) is 5.66. The van der Waals surface area contributed by atoms with Gasteiger partial charge in [-0.1, -0.05) is 12.1 Å². The van der Waals surface area contributed by atoms with Gasteiger partial charge in [0.05, 0.1) is 6.10 Å². The van der Waals surface area contributed by atoms with E-state index in [4.69, 9.17) is 5.73 Å². The Labute approximate surface area is 106 Å². The van der Waals surface area contributed by atoms with Crippen LogP contribution < -0.4 is 11.1 Å². The van der Waals surface area contributed by atoms with Crippen LogP contribution in [0.2, 0.25) is 0 Å². The Bertz CT molecular complexity index is 396. The lowest BCUT2D eigenvalue weighted by atomic mass is 10.1. The van der Waals surface area contributed by atoms with Gasteiger partial charge in [0.15, 0.2) is 0 Å².